The molecule has 0 unspecified atom stereocenters. The van der Waals surface area contributed by atoms with E-state index in [0.29, 0.717) is 0 Å². The zero-order valence-corrected chi connectivity index (χ0v) is 6.36. The average Bonchev–Trinajstić information content (AvgIpc) is 1.69. The third-order valence-electron chi connectivity index (χ3n) is 0.577. The van der Waals surface area contributed by atoms with Gasteiger partial charge in [-0.15, -0.1) is 6.58 Å². The van der Waals surface area contributed by atoms with Crippen molar-refractivity contribution in [3.8, 4) is 0 Å². The fraction of sp³-hybridized carbons (Fsp3) is 0.556. The Morgan fingerprint density at radius 2 is 1.33 bits per heavy atom. The van der Waals surface area contributed by atoms with Crippen molar-refractivity contribution in [2.75, 3.05) is 0 Å². The molecule has 0 aromatic rings. The van der Waals surface area contributed by atoms with E-state index in [1.54, 1.807) is 6.08 Å². The number of rotatable bonds is 0. The highest BCUT2D eigenvalue weighted by Gasteiger charge is 1.60. The topological polar surface area (TPSA) is 0 Å². The van der Waals surface area contributed by atoms with E-state index in [4.69, 9.17) is 0 Å². The lowest BCUT2D eigenvalue weighted by Crippen LogP contribution is -1.52. The van der Waals surface area contributed by atoms with Crippen LogP contribution in [0.4, 0.5) is 0 Å². The monoisotopic (exact) mass is 128 g/mol. The van der Waals surface area contributed by atoms with E-state index >= 15 is 0 Å². The Kier molecular flexibility index (Phi) is 27.5. The Bertz CT molecular complexity index is 64.1. The summed E-state index contributed by atoms with van der Waals surface area (Å²) in [5.41, 5.74) is 1.38. The van der Waals surface area contributed by atoms with Crippen LogP contribution in [0.2, 0.25) is 0 Å². The number of hydrogen-bond acceptors (Lipinski definition) is 0. The Morgan fingerprint density at radius 1 is 1.22 bits per heavy atom. The molecule has 0 N–H and O–H groups in total. The SMILES string of the molecule is C.C=CC.CC=C(C)C. The van der Waals surface area contributed by atoms with Gasteiger partial charge in [0.15, 0.2) is 0 Å². The summed E-state index contributed by atoms with van der Waals surface area (Å²) in [6.07, 6.45) is 3.83. The van der Waals surface area contributed by atoms with Gasteiger partial charge in [-0.1, -0.05) is 25.2 Å². The van der Waals surface area contributed by atoms with Gasteiger partial charge in [0.05, 0.1) is 0 Å². The zero-order chi connectivity index (χ0) is 6.99. The molecule has 0 atom stereocenters. The molecule has 0 aromatic carbocycles. The predicted molar refractivity (Wildman–Crippen MR) is 47.7 cm³/mol. The van der Waals surface area contributed by atoms with Gasteiger partial charge in [-0.25, -0.2) is 0 Å². The fourth-order valence-corrected chi connectivity index (χ4v) is 0. The van der Waals surface area contributed by atoms with Crippen LogP contribution in [0.3, 0.4) is 0 Å². The van der Waals surface area contributed by atoms with Gasteiger partial charge < -0.3 is 0 Å². The Labute approximate surface area is 60.3 Å². The summed E-state index contributed by atoms with van der Waals surface area (Å²) >= 11 is 0. The van der Waals surface area contributed by atoms with Crippen LogP contribution in [0.5, 0.6) is 0 Å². The van der Waals surface area contributed by atoms with Gasteiger partial charge in [0.2, 0.25) is 0 Å². The van der Waals surface area contributed by atoms with Crippen LogP contribution in [0, 0.1) is 0 Å². The Balaban J connectivity index is -0.0000000800. The quantitative estimate of drug-likeness (QED) is 0.435. The summed E-state index contributed by atoms with van der Waals surface area (Å²) in [6, 6.07) is 0. The van der Waals surface area contributed by atoms with E-state index in [9.17, 15) is 0 Å². The van der Waals surface area contributed by atoms with Crippen molar-refractivity contribution in [3.05, 3.63) is 24.3 Å². The van der Waals surface area contributed by atoms with E-state index in [1.165, 1.54) is 5.57 Å². The molecule has 0 aromatic heterocycles. The molecule has 0 nitrogen and oxygen atoms in total. The molecule has 0 spiro atoms. The second kappa shape index (κ2) is 15.6. The van der Waals surface area contributed by atoms with Crippen molar-refractivity contribution in [1.82, 2.24) is 0 Å². The molecule has 0 heterocycles. The predicted octanol–water partition coefficient (Wildman–Crippen LogP) is 3.80. The molecule has 0 aliphatic rings. The summed E-state index contributed by atoms with van der Waals surface area (Å²) in [7, 11) is 0. The van der Waals surface area contributed by atoms with Gasteiger partial charge in [0.1, 0.15) is 0 Å². The maximum atomic E-state index is 3.36. The lowest BCUT2D eigenvalue weighted by atomic mass is 10.3. The first-order chi connectivity index (χ1) is 3.68. The van der Waals surface area contributed by atoms with E-state index in [-0.39, 0.29) is 7.43 Å². The van der Waals surface area contributed by atoms with Crippen LogP contribution < -0.4 is 0 Å². The van der Waals surface area contributed by atoms with Crippen LogP contribution >= 0.6 is 0 Å². The summed E-state index contributed by atoms with van der Waals surface area (Å²) in [4.78, 5) is 0. The molecule has 0 fully saturated rings. The highest BCUT2D eigenvalue weighted by molar-refractivity contribution is 4.88. The third-order valence-corrected chi connectivity index (χ3v) is 0.577. The van der Waals surface area contributed by atoms with E-state index in [1.807, 2.05) is 13.8 Å². The largest absolute Gasteiger partial charge is 0.103 e. The molecule has 0 aliphatic heterocycles. The van der Waals surface area contributed by atoms with E-state index in [0.717, 1.165) is 0 Å². The van der Waals surface area contributed by atoms with Crippen molar-refractivity contribution in [2.24, 2.45) is 0 Å². The summed E-state index contributed by atoms with van der Waals surface area (Å²) < 4.78 is 0. The molecule has 56 valence electrons. The Hall–Kier alpha value is -0.520. The smallest absolute Gasteiger partial charge is 0.0442 e. The molecule has 0 rings (SSSR count). The van der Waals surface area contributed by atoms with Gasteiger partial charge >= 0.3 is 0 Å². The minimum absolute atomic E-state index is 0. The van der Waals surface area contributed by atoms with Gasteiger partial charge in [0.25, 0.3) is 0 Å². The van der Waals surface area contributed by atoms with Crippen molar-refractivity contribution in [2.45, 2.75) is 35.1 Å². The van der Waals surface area contributed by atoms with Crippen LogP contribution in [-0.2, 0) is 0 Å². The minimum Gasteiger partial charge on any atom is -0.103 e. The average molecular weight is 128 g/mol. The third kappa shape index (κ3) is 103. The molecule has 9 heavy (non-hydrogen) atoms. The first-order valence-corrected chi connectivity index (χ1v) is 2.85. The first kappa shape index (κ1) is 15.8. The molecule has 0 amide bonds. The molecule has 0 saturated heterocycles. The van der Waals surface area contributed by atoms with Gasteiger partial charge in [-0.2, -0.15) is 0 Å². The molecule has 0 heteroatoms. The molecule has 0 bridgehead atoms. The van der Waals surface area contributed by atoms with Gasteiger partial charge in [-0.3, -0.25) is 0 Å². The zero-order valence-electron chi connectivity index (χ0n) is 6.36. The molecular formula is C9H20. The molecule has 0 radical (unpaired) electrons. The molecule has 0 saturated carbocycles. The highest BCUT2D eigenvalue weighted by atomic mass is 13.7. The van der Waals surface area contributed by atoms with Gasteiger partial charge in [0, 0.05) is 0 Å². The van der Waals surface area contributed by atoms with Crippen LogP contribution in [0.25, 0.3) is 0 Å². The number of hydrogen-bond donors (Lipinski definition) is 0. The normalized spacial score (nSPS) is 5.33. The minimum atomic E-state index is 0. The lowest BCUT2D eigenvalue weighted by molar-refractivity contribution is 1.36. The van der Waals surface area contributed by atoms with Crippen LogP contribution in [0.1, 0.15) is 35.1 Å². The first-order valence-electron chi connectivity index (χ1n) is 2.85. The van der Waals surface area contributed by atoms with Crippen molar-refractivity contribution in [1.29, 1.82) is 0 Å². The molecular weight excluding hydrogens is 108 g/mol. The van der Waals surface area contributed by atoms with E-state index in [2.05, 4.69) is 26.5 Å². The lowest BCUT2D eigenvalue weighted by Gasteiger charge is -1.74. The van der Waals surface area contributed by atoms with Crippen LogP contribution in [0.15, 0.2) is 24.3 Å². The van der Waals surface area contributed by atoms with E-state index < -0.39 is 0 Å². The van der Waals surface area contributed by atoms with Crippen molar-refractivity contribution < 1.29 is 0 Å². The summed E-state index contributed by atoms with van der Waals surface area (Å²) in [5.74, 6) is 0. The number of allylic oxidation sites excluding steroid dienone is 3. The van der Waals surface area contributed by atoms with Gasteiger partial charge in [-0.05, 0) is 27.7 Å². The standard InChI is InChI=1S/C5H10.C3H6.CH4/c1-4-5(2)3;1-3-2;/h4H,1-3H3;3H,1H2,2H3;1H4. The highest BCUT2D eigenvalue weighted by Crippen LogP contribution is 1.82. The summed E-state index contributed by atoms with van der Waals surface area (Å²) in [6.45, 7) is 11.5. The van der Waals surface area contributed by atoms with Crippen molar-refractivity contribution >= 4 is 0 Å². The Morgan fingerprint density at radius 3 is 1.33 bits per heavy atom. The second-order valence-corrected chi connectivity index (χ2v) is 1.77. The summed E-state index contributed by atoms with van der Waals surface area (Å²) in [5, 5.41) is 0. The maximum Gasteiger partial charge on any atom is -0.0442 e. The maximum absolute atomic E-state index is 3.36. The molecule has 0 aliphatic carbocycles. The fourth-order valence-electron chi connectivity index (χ4n) is 0. The van der Waals surface area contributed by atoms with Crippen LogP contribution in [-0.4, -0.2) is 0 Å². The second-order valence-electron chi connectivity index (χ2n) is 1.77. The van der Waals surface area contributed by atoms with Crippen molar-refractivity contribution in [3.63, 3.8) is 0 Å².